The molecule has 1 fully saturated rings. The van der Waals surface area contributed by atoms with Gasteiger partial charge in [0.15, 0.2) is 0 Å². The number of ether oxygens (including phenoxy) is 1. The number of hydrogen-bond acceptors (Lipinski definition) is 3. The summed E-state index contributed by atoms with van der Waals surface area (Å²) in [5.74, 6) is -0.132. The molecule has 19 heavy (non-hydrogen) atoms. The van der Waals surface area contributed by atoms with Crippen molar-refractivity contribution < 1.29 is 9.53 Å². The zero-order valence-electron chi connectivity index (χ0n) is 11.2. The van der Waals surface area contributed by atoms with Crippen molar-refractivity contribution in [1.29, 1.82) is 0 Å². The van der Waals surface area contributed by atoms with Gasteiger partial charge in [0.1, 0.15) is 6.04 Å². The molecule has 0 bridgehead atoms. The quantitative estimate of drug-likeness (QED) is 0.624. The summed E-state index contributed by atoms with van der Waals surface area (Å²) in [6, 6.07) is 14.8. The lowest BCUT2D eigenvalue weighted by molar-refractivity contribution is -0.141. The second kappa shape index (κ2) is 4.67. The molecule has 2 unspecified atom stereocenters. The average Bonchev–Trinajstić information content (AvgIpc) is 3.25. The Labute approximate surface area is 112 Å². The third-order valence-corrected chi connectivity index (χ3v) is 3.89. The first-order valence-electron chi connectivity index (χ1n) is 6.53. The average molecular weight is 255 g/mol. The monoisotopic (exact) mass is 255 g/mol. The molecule has 0 aromatic heterocycles. The SMILES string of the molecule is COC(=O)C1CN1[C@@H](C)c1cccc2ccccc12. The first-order valence-corrected chi connectivity index (χ1v) is 6.53. The van der Waals surface area contributed by atoms with Gasteiger partial charge in [-0.15, -0.1) is 0 Å². The zero-order valence-corrected chi connectivity index (χ0v) is 11.2. The van der Waals surface area contributed by atoms with E-state index >= 15 is 0 Å². The highest BCUT2D eigenvalue weighted by Gasteiger charge is 2.44. The summed E-state index contributed by atoms with van der Waals surface area (Å²) in [7, 11) is 1.45. The summed E-state index contributed by atoms with van der Waals surface area (Å²) in [5.41, 5.74) is 1.27. The zero-order chi connectivity index (χ0) is 13.4. The van der Waals surface area contributed by atoms with Crippen molar-refractivity contribution in [3.05, 3.63) is 48.0 Å². The van der Waals surface area contributed by atoms with Crippen molar-refractivity contribution >= 4 is 16.7 Å². The molecule has 0 amide bonds. The van der Waals surface area contributed by atoms with Crippen molar-refractivity contribution in [2.75, 3.05) is 13.7 Å². The molecule has 0 spiro atoms. The van der Waals surface area contributed by atoms with Gasteiger partial charge in [0.2, 0.25) is 0 Å². The first-order chi connectivity index (χ1) is 9.22. The van der Waals surface area contributed by atoms with E-state index in [2.05, 4.69) is 48.2 Å². The number of carbonyl (C=O) groups excluding carboxylic acids is 1. The minimum atomic E-state index is -0.132. The van der Waals surface area contributed by atoms with Gasteiger partial charge in [-0.2, -0.15) is 0 Å². The molecule has 1 aliphatic heterocycles. The number of benzene rings is 2. The summed E-state index contributed by atoms with van der Waals surface area (Å²) in [6.07, 6.45) is 0. The van der Waals surface area contributed by atoms with Gasteiger partial charge in [0.25, 0.3) is 0 Å². The fourth-order valence-electron chi connectivity index (χ4n) is 2.72. The van der Waals surface area contributed by atoms with Gasteiger partial charge >= 0.3 is 5.97 Å². The van der Waals surface area contributed by atoms with Crippen molar-refractivity contribution in [1.82, 2.24) is 4.90 Å². The largest absolute Gasteiger partial charge is 0.468 e. The van der Waals surface area contributed by atoms with Crippen molar-refractivity contribution in [2.24, 2.45) is 0 Å². The molecular weight excluding hydrogens is 238 g/mol. The van der Waals surface area contributed by atoms with Crippen LogP contribution in [-0.4, -0.2) is 30.6 Å². The van der Waals surface area contributed by atoms with Gasteiger partial charge in [0.05, 0.1) is 7.11 Å². The lowest BCUT2D eigenvalue weighted by atomic mass is 10.00. The first kappa shape index (κ1) is 12.2. The molecule has 1 saturated heterocycles. The maximum atomic E-state index is 11.5. The third kappa shape index (κ3) is 2.10. The number of fused-ring (bicyclic) bond motifs is 1. The molecule has 3 rings (SSSR count). The summed E-state index contributed by atoms with van der Waals surface area (Å²) in [4.78, 5) is 13.7. The lowest BCUT2D eigenvalue weighted by Gasteiger charge is -2.16. The predicted molar refractivity (Wildman–Crippen MR) is 74.9 cm³/mol. The topological polar surface area (TPSA) is 29.3 Å². The number of rotatable bonds is 3. The van der Waals surface area contributed by atoms with Crippen LogP contribution in [0.1, 0.15) is 18.5 Å². The van der Waals surface area contributed by atoms with E-state index in [1.807, 2.05) is 6.07 Å². The Hall–Kier alpha value is -1.87. The van der Waals surface area contributed by atoms with Crippen LogP contribution in [0.4, 0.5) is 0 Å². The summed E-state index contributed by atoms with van der Waals surface area (Å²) >= 11 is 0. The second-order valence-corrected chi connectivity index (χ2v) is 4.98. The summed E-state index contributed by atoms with van der Waals surface area (Å²) in [5, 5.41) is 2.50. The van der Waals surface area contributed by atoms with Crippen LogP contribution in [0.25, 0.3) is 10.8 Å². The highest BCUT2D eigenvalue weighted by Crippen LogP contribution is 2.35. The van der Waals surface area contributed by atoms with E-state index in [4.69, 9.17) is 4.74 Å². The van der Waals surface area contributed by atoms with Gasteiger partial charge < -0.3 is 4.74 Å². The molecule has 3 nitrogen and oxygen atoms in total. The van der Waals surface area contributed by atoms with Crippen LogP contribution in [0.2, 0.25) is 0 Å². The van der Waals surface area contributed by atoms with Gasteiger partial charge in [-0.1, -0.05) is 42.5 Å². The Morgan fingerprint density at radius 3 is 2.79 bits per heavy atom. The smallest absolute Gasteiger partial charge is 0.324 e. The molecule has 1 aliphatic rings. The molecule has 0 N–H and O–H groups in total. The van der Waals surface area contributed by atoms with Crippen molar-refractivity contribution in [2.45, 2.75) is 19.0 Å². The molecule has 2 aromatic rings. The summed E-state index contributed by atoms with van der Waals surface area (Å²) < 4.78 is 4.80. The van der Waals surface area contributed by atoms with Crippen LogP contribution < -0.4 is 0 Å². The molecular formula is C16H17NO2. The van der Waals surface area contributed by atoms with Crippen LogP contribution in [0, 0.1) is 0 Å². The van der Waals surface area contributed by atoms with E-state index in [1.54, 1.807) is 0 Å². The Kier molecular flexibility index (Phi) is 2.99. The van der Waals surface area contributed by atoms with Crippen LogP contribution in [0.15, 0.2) is 42.5 Å². The van der Waals surface area contributed by atoms with E-state index in [1.165, 1.54) is 23.4 Å². The number of methoxy groups -OCH3 is 1. The Morgan fingerprint density at radius 2 is 2.00 bits per heavy atom. The molecule has 1 heterocycles. The van der Waals surface area contributed by atoms with Crippen LogP contribution >= 0.6 is 0 Å². The Balaban J connectivity index is 1.91. The third-order valence-electron chi connectivity index (χ3n) is 3.89. The second-order valence-electron chi connectivity index (χ2n) is 4.98. The molecule has 2 aromatic carbocycles. The number of carbonyl (C=O) groups is 1. The minimum absolute atomic E-state index is 0.0704. The van der Waals surface area contributed by atoms with Gasteiger partial charge in [-0.05, 0) is 23.3 Å². The number of nitrogens with zero attached hydrogens (tertiary/aromatic N) is 1. The van der Waals surface area contributed by atoms with Crippen LogP contribution in [0.5, 0.6) is 0 Å². The highest BCUT2D eigenvalue weighted by molar-refractivity contribution is 5.86. The molecule has 0 saturated carbocycles. The normalized spacial score (nSPS) is 23.1. The fraction of sp³-hybridized carbons (Fsp3) is 0.312. The number of esters is 1. The molecule has 98 valence electrons. The minimum Gasteiger partial charge on any atom is -0.468 e. The molecule has 0 radical (unpaired) electrons. The molecule has 0 aliphatic carbocycles. The van der Waals surface area contributed by atoms with Gasteiger partial charge in [0, 0.05) is 12.6 Å². The van der Waals surface area contributed by atoms with Gasteiger partial charge in [-0.25, -0.2) is 0 Å². The number of hydrogen-bond donors (Lipinski definition) is 0. The van der Waals surface area contributed by atoms with E-state index in [-0.39, 0.29) is 18.1 Å². The van der Waals surface area contributed by atoms with E-state index in [9.17, 15) is 4.79 Å². The molecule has 3 atom stereocenters. The maximum absolute atomic E-state index is 11.5. The predicted octanol–water partition coefficient (Wildman–Crippen LogP) is 2.76. The Morgan fingerprint density at radius 1 is 1.26 bits per heavy atom. The van der Waals surface area contributed by atoms with Gasteiger partial charge in [-0.3, -0.25) is 9.69 Å². The fourth-order valence-corrected chi connectivity index (χ4v) is 2.72. The van der Waals surface area contributed by atoms with E-state index < -0.39 is 0 Å². The summed E-state index contributed by atoms with van der Waals surface area (Å²) in [6.45, 7) is 2.93. The van der Waals surface area contributed by atoms with E-state index in [0.29, 0.717) is 0 Å². The van der Waals surface area contributed by atoms with Crippen molar-refractivity contribution in [3.63, 3.8) is 0 Å². The molecule has 3 heteroatoms. The lowest BCUT2D eigenvalue weighted by Crippen LogP contribution is -2.17. The maximum Gasteiger partial charge on any atom is 0.324 e. The highest BCUT2D eigenvalue weighted by atomic mass is 16.5. The van der Waals surface area contributed by atoms with Crippen molar-refractivity contribution in [3.8, 4) is 0 Å². The Bertz CT molecular complexity index is 618. The van der Waals surface area contributed by atoms with E-state index in [0.717, 1.165) is 6.54 Å². The van der Waals surface area contributed by atoms with Crippen LogP contribution in [0.3, 0.4) is 0 Å². The van der Waals surface area contributed by atoms with Crippen LogP contribution in [-0.2, 0) is 9.53 Å². The standard InChI is InChI=1S/C16H17NO2/c1-11(17-10-15(17)16(18)19-2)13-9-5-7-12-6-3-4-8-14(12)13/h3-9,11,15H,10H2,1-2H3/t11-,15?,17?/m0/s1.